The number of ether oxygens (including phenoxy) is 2. The summed E-state index contributed by atoms with van der Waals surface area (Å²) in [4.78, 5) is 51.2. The standard InChI is InChI=1S/C17H21Cl2N3O6/c1-3-27-14(24)6-5-12(17(26)28-4-2)22-16(25)15-11(19)7-10(9-20-15)21-13(23)8-18/h7,9,12H,3-6,8H2,1-2H3,(H,21,23)(H,22,25). The van der Waals surface area contributed by atoms with Gasteiger partial charge in [-0.25, -0.2) is 9.78 Å². The van der Waals surface area contributed by atoms with Crippen molar-refractivity contribution >= 4 is 52.6 Å². The molecule has 0 fully saturated rings. The Morgan fingerprint density at radius 2 is 1.86 bits per heavy atom. The Morgan fingerprint density at radius 3 is 2.43 bits per heavy atom. The summed E-state index contributed by atoms with van der Waals surface area (Å²) in [6, 6.07) is 0.247. The molecule has 2 N–H and O–H groups in total. The van der Waals surface area contributed by atoms with E-state index in [1.165, 1.54) is 12.3 Å². The van der Waals surface area contributed by atoms with Crippen molar-refractivity contribution in [3.05, 3.63) is 23.0 Å². The minimum absolute atomic E-state index is 0.00904. The van der Waals surface area contributed by atoms with Crippen LogP contribution in [-0.2, 0) is 23.9 Å². The molecule has 0 saturated heterocycles. The summed E-state index contributed by atoms with van der Waals surface area (Å²) in [7, 11) is 0. The lowest BCUT2D eigenvalue weighted by atomic mass is 10.1. The van der Waals surface area contributed by atoms with Gasteiger partial charge in [0.25, 0.3) is 5.91 Å². The molecule has 2 amide bonds. The maximum atomic E-state index is 12.5. The zero-order valence-corrected chi connectivity index (χ0v) is 16.9. The van der Waals surface area contributed by atoms with E-state index < -0.39 is 29.8 Å². The predicted octanol–water partition coefficient (Wildman–Crippen LogP) is 1.92. The molecular formula is C17H21Cl2N3O6. The number of halogens is 2. The normalized spacial score (nSPS) is 11.3. The van der Waals surface area contributed by atoms with E-state index in [0.29, 0.717) is 0 Å². The summed E-state index contributed by atoms with van der Waals surface area (Å²) < 4.78 is 9.73. The molecule has 0 aromatic carbocycles. The lowest BCUT2D eigenvalue weighted by Gasteiger charge is -2.17. The molecule has 0 radical (unpaired) electrons. The molecule has 1 aromatic rings. The molecule has 11 heteroatoms. The second-order valence-electron chi connectivity index (χ2n) is 5.36. The molecule has 9 nitrogen and oxygen atoms in total. The van der Waals surface area contributed by atoms with Crippen LogP contribution in [-0.4, -0.2) is 53.9 Å². The Kier molecular flexibility index (Phi) is 10.3. The van der Waals surface area contributed by atoms with Crippen molar-refractivity contribution in [2.45, 2.75) is 32.7 Å². The molecule has 0 aliphatic carbocycles. The average Bonchev–Trinajstić information content (AvgIpc) is 2.65. The van der Waals surface area contributed by atoms with E-state index in [1.807, 2.05) is 0 Å². The van der Waals surface area contributed by atoms with Gasteiger partial charge in [0.05, 0.1) is 30.1 Å². The third-order valence-electron chi connectivity index (χ3n) is 3.28. The van der Waals surface area contributed by atoms with Crippen LogP contribution in [0.5, 0.6) is 0 Å². The van der Waals surface area contributed by atoms with Gasteiger partial charge >= 0.3 is 11.9 Å². The first-order chi connectivity index (χ1) is 13.3. The molecule has 0 saturated carbocycles. The molecule has 154 valence electrons. The summed E-state index contributed by atoms with van der Waals surface area (Å²) >= 11 is 11.4. The van der Waals surface area contributed by atoms with E-state index in [4.69, 9.17) is 32.7 Å². The highest BCUT2D eigenvalue weighted by atomic mass is 35.5. The van der Waals surface area contributed by atoms with E-state index in [0.717, 1.165) is 0 Å². The number of rotatable bonds is 10. The van der Waals surface area contributed by atoms with E-state index >= 15 is 0 Å². The maximum Gasteiger partial charge on any atom is 0.328 e. The van der Waals surface area contributed by atoms with Crippen LogP contribution in [0.25, 0.3) is 0 Å². The van der Waals surface area contributed by atoms with E-state index in [-0.39, 0.29) is 48.3 Å². The van der Waals surface area contributed by atoms with Gasteiger partial charge in [-0.15, -0.1) is 11.6 Å². The first-order valence-electron chi connectivity index (χ1n) is 8.46. The predicted molar refractivity (Wildman–Crippen MR) is 102 cm³/mol. The number of carbonyl (C=O) groups is 4. The highest BCUT2D eigenvalue weighted by Gasteiger charge is 2.25. The summed E-state index contributed by atoms with van der Waals surface area (Å²) in [5, 5.41) is 4.85. The summed E-state index contributed by atoms with van der Waals surface area (Å²) in [6.07, 6.45) is 1.14. The third-order valence-corrected chi connectivity index (χ3v) is 3.81. The van der Waals surface area contributed by atoms with Gasteiger partial charge < -0.3 is 20.1 Å². The van der Waals surface area contributed by atoms with E-state index in [9.17, 15) is 19.2 Å². The Bertz CT molecular complexity index is 729. The van der Waals surface area contributed by atoms with Gasteiger partial charge in [-0.3, -0.25) is 14.4 Å². The summed E-state index contributed by atoms with van der Waals surface area (Å²) in [5.41, 5.74) is 0.104. The van der Waals surface area contributed by atoms with E-state index in [2.05, 4.69) is 15.6 Å². The first kappa shape index (κ1) is 23.6. The lowest BCUT2D eigenvalue weighted by Crippen LogP contribution is -2.42. The molecule has 0 spiro atoms. The fourth-order valence-corrected chi connectivity index (χ4v) is 2.40. The van der Waals surface area contributed by atoms with Gasteiger partial charge in [0.2, 0.25) is 5.91 Å². The number of alkyl halides is 1. The molecule has 28 heavy (non-hydrogen) atoms. The number of aromatic nitrogens is 1. The van der Waals surface area contributed by atoms with Crippen LogP contribution in [0, 0.1) is 0 Å². The van der Waals surface area contributed by atoms with Gasteiger partial charge in [0.1, 0.15) is 17.6 Å². The molecule has 1 rings (SSSR count). The SMILES string of the molecule is CCOC(=O)CCC(NC(=O)c1ncc(NC(=O)CCl)cc1Cl)C(=O)OCC. The largest absolute Gasteiger partial charge is 0.466 e. The van der Waals surface area contributed by atoms with Crippen LogP contribution in [0.2, 0.25) is 5.02 Å². The van der Waals surface area contributed by atoms with Crippen LogP contribution in [0.4, 0.5) is 5.69 Å². The monoisotopic (exact) mass is 433 g/mol. The molecule has 1 unspecified atom stereocenters. The van der Waals surface area contributed by atoms with Crippen LogP contribution in [0.3, 0.4) is 0 Å². The zero-order valence-electron chi connectivity index (χ0n) is 15.4. The molecule has 1 atom stereocenters. The molecule has 0 aliphatic rings. The number of carbonyl (C=O) groups excluding carboxylic acids is 4. The second kappa shape index (κ2) is 12.1. The van der Waals surface area contributed by atoms with Crippen molar-refractivity contribution in [3.8, 4) is 0 Å². The summed E-state index contributed by atoms with van der Waals surface area (Å²) in [5.74, 6) is -2.63. The maximum absolute atomic E-state index is 12.5. The van der Waals surface area contributed by atoms with Gasteiger partial charge in [0.15, 0.2) is 0 Å². The van der Waals surface area contributed by atoms with Gasteiger partial charge in [0, 0.05) is 6.42 Å². The number of nitrogens with one attached hydrogen (secondary N) is 2. The molecule has 1 heterocycles. The Balaban J connectivity index is 2.86. The van der Waals surface area contributed by atoms with E-state index in [1.54, 1.807) is 13.8 Å². The second-order valence-corrected chi connectivity index (χ2v) is 6.03. The van der Waals surface area contributed by atoms with Crippen molar-refractivity contribution in [1.29, 1.82) is 0 Å². The van der Waals surface area contributed by atoms with Crippen molar-refractivity contribution in [2.75, 3.05) is 24.4 Å². The fourth-order valence-electron chi connectivity index (χ4n) is 2.08. The number of pyridine rings is 1. The van der Waals surface area contributed by atoms with Crippen molar-refractivity contribution in [3.63, 3.8) is 0 Å². The number of hydrogen-bond donors (Lipinski definition) is 2. The third kappa shape index (κ3) is 7.69. The average molecular weight is 434 g/mol. The molecular weight excluding hydrogens is 413 g/mol. The van der Waals surface area contributed by atoms with Crippen LogP contribution < -0.4 is 10.6 Å². The minimum Gasteiger partial charge on any atom is -0.466 e. The molecule has 1 aromatic heterocycles. The molecule has 0 bridgehead atoms. The summed E-state index contributed by atoms with van der Waals surface area (Å²) in [6.45, 7) is 3.60. The quantitative estimate of drug-likeness (QED) is 0.426. The highest BCUT2D eigenvalue weighted by Crippen LogP contribution is 2.19. The zero-order chi connectivity index (χ0) is 21.1. The van der Waals surface area contributed by atoms with Gasteiger partial charge in [-0.1, -0.05) is 11.6 Å². The number of anilines is 1. The topological polar surface area (TPSA) is 124 Å². The Labute approximate surface area is 172 Å². The number of esters is 2. The van der Waals surface area contributed by atoms with Crippen molar-refractivity contribution in [2.24, 2.45) is 0 Å². The lowest BCUT2D eigenvalue weighted by molar-refractivity contribution is -0.146. The van der Waals surface area contributed by atoms with Crippen LogP contribution >= 0.6 is 23.2 Å². The number of nitrogens with zero attached hydrogens (tertiary/aromatic N) is 1. The van der Waals surface area contributed by atoms with Gasteiger partial charge in [-0.2, -0.15) is 0 Å². The minimum atomic E-state index is -1.08. The van der Waals surface area contributed by atoms with Crippen molar-refractivity contribution in [1.82, 2.24) is 10.3 Å². The Hall–Kier alpha value is -2.39. The Morgan fingerprint density at radius 1 is 1.18 bits per heavy atom. The fraction of sp³-hybridized carbons (Fsp3) is 0.471. The number of hydrogen-bond acceptors (Lipinski definition) is 7. The van der Waals surface area contributed by atoms with Crippen molar-refractivity contribution < 1.29 is 28.7 Å². The van der Waals surface area contributed by atoms with Gasteiger partial charge in [-0.05, 0) is 26.3 Å². The number of amides is 2. The molecule has 0 aliphatic heterocycles. The highest BCUT2D eigenvalue weighted by molar-refractivity contribution is 6.34. The van der Waals surface area contributed by atoms with Crippen LogP contribution in [0.15, 0.2) is 12.3 Å². The first-order valence-corrected chi connectivity index (χ1v) is 9.38. The van der Waals surface area contributed by atoms with Crippen LogP contribution in [0.1, 0.15) is 37.2 Å². The smallest absolute Gasteiger partial charge is 0.328 e.